The van der Waals surface area contributed by atoms with E-state index >= 15 is 0 Å². The first kappa shape index (κ1) is 12.0. The Bertz CT molecular complexity index is 164. The van der Waals surface area contributed by atoms with Crippen LogP contribution in [0.2, 0.25) is 0 Å². The second kappa shape index (κ2) is 5.13. The number of rotatable bonds is 4. The summed E-state index contributed by atoms with van der Waals surface area (Å²) in [6, 6.07) is 0. The van der Waals surface area contributed by atoms with Crippen LogP contribution in [-0.2, 0) is 0 Å². The lowest BCUT2D eigenvalue weighted by atomic mass is 9.70. The monoisotopic (exact) mass is 199 g/mol. The number of aliphatic hydroxyl groups excluding tert-OH is 1. The van der Waals surface area contributed by atoms with Crippen molar-refractivity contribution in [3.8, 4) is 0 Å². The molecule has 0 saturated heterocycles. The van der Waals surface area contributed by atoms with Gasteiger partial charge in [0.25, 0.3) is 0 Å². The van der Waals surface area contributed by atoms with Crippen molar-refractivity contribution in [2.24, 2.45) is 11.8 Å². The summed E-state index contributed by atoms with van der Waals surface area (Å²) in [7, 11) is 0. The second-order valence-corrected chi connectivity index (χ2v) is 4.98. The topological polar surface area (TPSA) is 32.3 Å². The van der Waals surface area contributed by atoms with E-state index in [-0.39, 0.29) is 5.54 Å². The Balaban J connectivity index is 2.59. The molecule has 14 heavy (non-hydrogen) atoms. The molecular weight excluding hydrogens is 174 g/mol. The third-order valence-corrected chi connectivity index (χ3v) is 3.90. The molecule has 0 spiro atoms. The minimum Gasteiger partial charge on any atom is -0.396 e. The van der Waals surface area contributed by atoms with Crippen molar-refractivity contribution >= 4 is 0 Å². The van der Waals surface area contributed by atoms with Crippen LogP contribution < -0.4 is 5.32 Å². The minimum atomic E-state index is 0.232. The zero-order valence-electron chi connectivity index (χ0n) is 9.84. The van der Waals surface area contributed by atoms with Gasteiger partial charge in [0.15, 0.2) is 0 Å². The van der Waals surface area contributed by atoms with E-state index in [4.69, 9.17) is 5.11 Å². The maximum atomic E-state index is 9.12. The quantitative estimate of drug-likeness (QED) is 0.727. The zero-order valence-corrected chi connectivity index (χ0v) is 9.84. The third-order valence-electron chi connectivity index (χ3n) is 3.90. The summed E-state index contributed by atoms with van der Waals surface area (Å²) < 4.78 is 0. The van der Waals surface area contributed by atoms with E-state index in [1.165, 1.54) is 19.3 Å². The van der Waals surface area contributed by atoms with Gasteiger partial charge in [-0.2, -0.15) is 0 Å². The molecule has 2 nitrogen and oxygen atoms in total. The number of hydrogen-bond donors (Lipinski definition) is 2. The summed E-state index contributed by atoms with van der Waals surface area (Å²) in [6.07, 6.45) is 4.67. The van der Waals surface area contributed by atoms with Gasteiger partial charge in [-0.05, 0) is 44.1 Å². The smallest absolute Gasteiger partial charge is 0.0448 e. The summed E-state index contributed by atoms with van der Waals surface area (Å²) in [4.78, 5) is 0. The molecule has 84 valence electrons. The molecule has 0 radical (unpaired) electrons. The van der Waals surface area contributed by atoms with Crippen LogP contribution in [-0.4, -0.2) is 23.8 Å². The predicted molar refractivity (Wildman–Crippen MR) is 60.3 cm³/mol. The van der Waals surface area contributed by atoms with Crippen molar-refractivity contribution in [1.29, 1.82) is 0 Å². The fourth-order valence-corrected chi connectivity index (χ4v) is 2.77. The molecule has 3 unspecified atom stereocenters. The van der Waals surface area contributed by atoms with Gasteiger partial charge in [0.1, 0.15) is 0 Å². The lowest BCUT2D eigenvalue weighted by molar-refractivity contribution is 0.111. The van der Waals surface area contributed by atoms with Crippen LogP contribution in [0.15, 0.2) is 0 Å². The zero-order chi connectivity index (χ0) is 10.6. The maximum Gasteiger partial charge on any atom is 0.0448 e. The first-order valence-electron chi connectivity index (χ1n) is 5.99. The summed E-state index contributed by atoms with van der Waals surface area (Å²) in [5.74, 6) is 1.63. The van der Waals surface area contributed by atoms with Crippen LogP contribution >= 0.6 is 0 Å². The van der Waals surface area contributed by atoms with Gasteiger partial charge in [0.05, 0.1) is 0 Å². The summed E-state index contributed by atoms with van der Waals surface area (Å²) in [5, 5.41) is 12.7. The lowest BCUT2D eigenvalue weighted by Crippen LogP contribution is -2.50. The standard InChI is InChI=1S/C12H25NO/c1-4-13-12(7-8-14)6-5-10(2)11(3)9-12/h10-11,13-14H,4-9H2,1-3H3. The van der Waals surface area contributed by atoms with Gasteiger partial charge in [-0.15, -0.1) is 0 Å². The fraction of sp³-hybridized carbons (Fsp3) is 1.00. The average Bonchev–Trinajstić information content (AvgIpc) is 2.13. The molecule has 0 heterocycles. The van der Waals surface area contributed by atoms with Crippen LogP contribution in [0.3, 0.4) is 0 Å². The molecule has 0 aliphatic heterocycles. The van der Waals surface area contributed by atoms with Gasteiger partial charge in [0, 0.05) is 12.1 Å². The van der Waals surface area contributed by atoms with E-state index in [0.29, 0.717) is 6.61 Å². The number of nitrogens with one attached hydrogen (secondary N) is 1. The molecule has 3 atom stereocenters. The molecule has 0 aromatic rings. The summed E-state index contributed by atoms with van der Waals surface area (Å²) in [6.45, 7) is 8.17. The van der Waals surface area contributed by atoms with E-state index in [2.05, 4.69) is 26.1 Å². The first-order chi connectivity index (χ1) is 6.63. The van der Waals surface area contributed by atoms with Crippen molar-refractivity contribution in [1.82, 2.24) is 5.32 Å². The molecule has 0 aromatic heterocycles. The Hall–Kier alpha value is -0.0800. The van der Waals surface area contributed by atoms with Gasteiger partial charge >= 0.3 is 0 Å². The van der Waals surface area contributed by atoms with Crippen LogP contribution in [0.4, 0.5) is 0 Å². The molecule has 1 aliphatic carbocycles. The summed E-state index contributed by atoms with van der Waals surface area (Å²) in [5.41, 5.74) is 0.232. The van der Waals surface area contributed by atoms with Crippen molar-refractivity contribution in [2.75, 3.05) is 13.2 Å². The van der Waals surface area contributed by atoms with Crippen LogP contribution in [0, 0.1) is 11.8 Å². The molecule has 1 saturated carbocycles. The predicted octanol–water partition coefficient (Wildman–Crippen LogP) is 2.17. The second-order valence-electron chi connectivity index (χ2n) is 4.98. The van der Waals surface area contributed by atoms with Crippen LogP contribution in [0.25, 0.3) is 0 Å². The number of aliphatic hydroxyl groups is 1. The van der Waals surface area contributed by atoms with Crippen molar-refractivity contribution < 1.29 is 5.11 Å². The molecule has 2 N–H and O–H groups in total. The highest BCUT2D eigenvalue weighted by molar-refractivity contribution is 4.94. The molecule has 1 rings (SSSR count). The van der Waals surface area contributed by atoms with Gasteiger partial charge in [-0.3, -0.25) is 0 Å². The van der Waals surface area contributed by atoms with Gasteiger partial charge in [0.2, 0.25) is 0 Å². The highest BCUT2D eigenvalue weighted by Gasteiger charge is 2.36. The highest BCUT2D eigenvalue weighted by atomic mass is 16.3. The fourth-order valence-electron chi connectivity index (χ4n) is 2.77. The van der Waals surface area contributed by atoms with Crippen LogP contribution in [0.5, 0.6) is 0 Å². The molecular formula is C12H25NO. The van der Waals surface area contributed by atoms with Gasteiger partial charge in [-0.1, -0.05) is 20.8 Å². The van der Waals surface area contributed by atoms with Gasteiger partial charge < -0.3 is 10.4 Å². The first-order valence-corrected chi connectivity index (χ1v) is 5.99. The van der Waals surface area contributed by atoms with Gasteiger partial charge in [-0.25, -0.2) is 0 Å². The van der Waals surface area contributed by atoms with Crippen LogP contribution in [0.1, 0.15) is 46.5 Å². The Morgan fingerprint density at radius 3 is 2.57 bits per heavy atom. The highest BCUT2D eigenvalue weighted by Crippen LogP contribution is 2.37. The Kier molecular flexibility index (Phi) is 4.39. The SMILES string of the molecule is CCNC1(CCO)CCC(C)C(C)C1. The molecule has 0 amide bonds. The largest absolute Gasteiger partial charge is 0.396 e. The molecule has 0 bridgehead atoms. The van der Waals surface area contributed by atoms with Crippen molar-refractivity contribution in [2.45, 2.75) is 52.0 Å². The van der Waals surface area contributed by atoms with Crippen molar-refractivity contribution in [3.63, 3.8) is 0 Å². The molecule has 2 heteroatoms. The molecule has 1 fully saturated rings. The van der Waals surface area contributed by atoms with E-state index in [1.54, 1.807) is 0 Å². The average molecular weight is 199 g/mol. The Morgan fingerprint density at radius 1 is 1.36 bits per heavy atom. The lowest BCUT2D eigenvalue weighted by Gasteiger charge is -2.43. The Morgan fingerprint density at radius 2 is 2.07 bits per heavy atom. The third kappa shape index (κ3) is 2.71. The summed E-state index contributed by atoms with van der Waals surface area (Å²) >= 11 is 0. The molecule has 1 aliphatic rings. The van der Waals surface area contributed by atoms with E-state index < -0.39 is 0 Å². The van der Waals surface area contributed by atoms with Crippen molar-refractivity contribution in [3.05, 3.63) is 0 Å². The Labute approximate surface area is 88.1 Å². The number of hydrogen-bond acceptors (Lipinski definition) is 2. The minimum absolute atomic E-state index is 0.232. The van der Waals surface area contributed by atoms with E-state index in [1.807, 2.05) is 0 Å². The molecule has 0 aromatic carbocycles. The van der Waals surface area contributed by atoms with E-state index in [9.17, 15) is 0 Å². The van der Waals surface area contributed by atoms with E-state index in [0.717, 1.165) is 24.8 Å². The maximum absolute atomic E-state index is 9.12. The normalized spacial score (nSPS) is 38.6.